The van der Waals surface area contributed by atoms with E-state index in [0.29, 0.717) is 0 Å². The van der Waals surface area contributed by atoms with Gasteiger partial charge in [-0.3, -0.25) is 4.79 Å². The molecule has 0 bridgehead atoms. The van der Waals surface area contributed by atoms with Crippen LogP contribution in [-0.2, 0) is 10.0 Å². The molecule has 0 aromatic heterocycles. The first-order chi connectivity index (χ1) is 9.42. The molecule has 0 heterocycles. The van der Waals surface area contributed by atoms with Crippen LogP contribution in [-0.4, -0.2) is 14.3 Å². The van der Waals surface area contributed by atoms with E-state index in [1.165, 1.54) is 36.4 Å². The Labute approximate surface area is 115 Å². The maximum absolute atomic E-state index is 13.2. The summed E-state index contributed by atoms with van der Waals surface area (Å²) in [5.41, 5.74) is 4.78. The standard InChI is InChI=1S/C13H11FN2O3S/c14-11-8-4-7-10(12(11)15)13(17)16-20(18,19)9-5-2-1-3-6-9/h1-8H,15H2,(H,16,17). The van der Waals surface area contributed by atoms with Crippen LogP contribution in [0, 0.1) is 5.82 Å². The summed E-state index contributed by atoms with van der Waals surface area (Å²) in [5, 5.41) is 0. The lowest BCUT2D eigenvalue weighted by Gasteiger charge is -2.08. The predicted octanol–water partition coefficient (Wildman–Crippen LogP) is 1.53. The number of para-hydroxylation sites is 1. The number of halogens is 1. The smallest absolute Gasteiger partial charge is 0.267 e. The van der Waals surface area contributed by atoms with Crippen LogP contribution in [0.2, 0.25) is 0 Å². The summed E-state index contributed by atoms with van der Waals surface area (Å²) in [4.78, 5) is 11.8. The van der Waals surface area contributed by atoms with E-state index < -0.39 is 27.4 Å². The second-order valence-electron chi connectivity index (χ2n) is 3.95. The van der Waals surface area contributed by atoms with Gasteiger partial charge in [0.15, 0.2) is 0 Å². The van der Waals surface area contributed by atoms with Gasteiger partial charge in [0, 0.05) is 0 Å². The molecule has 0 aliphatic rings. The van der Waals surface area contributed by atoms with Crippen molar-refractivity contribution in [1.29, 1.82) is 0 Å². The van der Waals surface area contributed by atoms with Crippen molar-refractivity contribution in [1.82, 2.24) is 4.72 Å². The van der Waals surface area contributed by atoms with Crippen molar-refractivity contribution in [2.24, 2.45) is 0 Å². The molecule has 1 amide bonds. The highest BCUT2D eigenvalue weighted by molar-refractivity contribution is 7.90. The van der Waals surface area contributed by atoms with Gasteiger partial charge in [0.05, 0.1) is 16.1 Å². The van der Waals surface area contributed by atoms with Crippen molar-refractivity contribution in [3.63, 3.8) is 0 Å². The number of sulfonamides is 1. The van der Waals surface area contributed by atoms with Crippen molar-refractivity contribution in [2.45, 2.75) is 4.90 Å². The first-order valence-electron chi connectivity index (χ1n) is 5.58. The van der Waals surface area contributed by atoms with E-state index in [1.807, 2.05) is 4.72 Å². The number of benzene rings is 2. The van der Waals surface area contributed by atoms with E-state index in [1.54, 1.807) is 6.07 Å². The summed E-state index contributed by atoms with van der Waals surface area (Å²) < 4.78 is 39.0. The van der Waals surface area contributed by atoms with E-state index in [0.717, 1.165) is 6.07 Å². The van der Waals surface area contributed by atoms with E-state index in [2.05, 4.69) is 0 Å². The highest BCUT2D eigenvalue weighted by Crippen LogP contribution is 2.16. The lowest BCUT2D eigenvalue weighted by atomic mass is 10.1. The molecule has 0 atom stereocenters. The van der Waals surface area contributed by atoms with E-state index >= 15 is 0 Å². The minimum absolute atomic E-state index is 0.0664. The summed E-state index contributed by atoms with van der Waals surface area (Å²) in [6, 6.07) is 11.0. The molecule has 0 aliphatic heterocycles. The van der Waals surface area contributed by atoms with Crippen LogP contribution in [0.15, 0.2) is 53.4 Å². The topological polar surface area (TPSA) is 89.3 Å². The summed E-state index contributed by atoms with van der Waals surface area (Å²) in [5.74, 6) is -1.76. The Morgan fingerprint density at radius 3 is 2.35 bits per heavy atom. The Bertz CT molecular complexity index is 745. The largest absolute Gasteiger partial charge is 0.396 e. The van der Waals surface area contributed by atoms with Crippen molar-refractivity contribution in [2.75, 3.05) is 5.73 Å². The van der Waals surface area contributed by atoms with Gasteiger partial charge >= 0.3 is 0 Å². The molecule has 3 N–H and O–H groups in total. The van der Waals surface area contributed by atoms with Gasteiger partial charge < -0.3 is 5.73 Å². The number of hydrogen-bond donors (Lipinski definition) is 2. The van der Waals surface area contributed by atoms with Gasteiger partial charge in [0.2, 0.25) is 0 Å². The van der Waals surface area contributed by atoms with Crippen molar-refractivity contribution < 1.29 is 17.6 Å². The molecule has 0 saturated carbocycles. The molecule has 0 radical (unpaired) electrons. The van der Waals surface area contributed by atoms with Gasteiger partial charge in [0.1, 0.15) is 5.82 Å². The third kappa shape index (κ3) is 2.77. The zero-order valence-electron chi connectivity index (χ0n) is 10.2. The number of anilines is 1. The second-order valence-corrected chi connectivity index (χ2v) is 5.63. The van der Waals surface area contributed by atoms with Gasteiger partial charge in [-0.05, 0) is 24.3 Å². The Hall–Kier alpha value is -2.41. The Morgan fingerprint density at radius 1 is 1.05 bits per heavy atom. The first kappa shape index (κ1) is 14.0. The molecule has 0 aliphatic carbocycles. The van der Waals surface area contributed by atoms with Crippen LogP contribution in [0.3, 0.4) is 0 Å². The Balaban J connectivity index is 2.31. The quantitative estimate of drug-likeness (QED) is 0.840. The fraction of sp³-hybridized carbons (Fsp3) is 0. The molecule has 0 saturated heterocycles. The molecule has 20 heavy (non-hydrogen) atoms. The number of nitrogen functional groups attached to an aromatic ring is 1. The minimum Gasteiger partial charge on any atom is -0.396 e. The van der Waals surface area contributed by atoms with Gasteiger partial charge in [-0.25, -0.2) is 17.5 Å². The highest BCUT2D eigenvalue weighted by atomic mass is 32.2. The minimum atomic E-state index is -4.01. The number of rotatable bonds is 3. The number of amides is 1. The van der Waals surface area contributed by atoms with Gasteiger partial charge in [-0.2, -0.15) is 0 Å². The van der Waals surface area contributed by atoms with Crippen LogP contribution in [0.25, 0.3) is 0 Å². The number of hydrogen-bond acceptors (Lipinski definition) is 4. The van der Waals surface area contributed by atoms with E-state index in [-0.39, 0.29) is 10.5 Å². The predicted molar refractivity (Wildman–Crippen MR) is 71.9 cm³/mol. The van der Waals surface area contributed by atoms with Crippen LogP contribution in [0.1, 0.15) is 10.4 Å². The Morgan fingerprint density at radius 2 is 1.70 bits per heavy atom. The van der Waals surface area contributed by atoms with E-state index in [4.69, 9.17) is 5.73 Å². The summed E-state index contributed by atoms with van der Waals surface area (Å²) in [6.07, 6.45) is 0. The Kier molecular flexibility index (Phi) is 3.71. The summed E-state index contributed by atoms with van der Waals surface area (Å²) >= 11 is 0. The number of nitrogens with one attached hydrogen (secondary N) is 1. The maximum Gasteiger partial charge on any atom is 0.267 e. The van der Waals surface area contributed by atoms with Crippen LogP contribution in [0.5, 0.6) is 0 Å². The van der Waals surface area contributed by atoms with Crippen molar-refractivity contribution in [3.05, 3.63) is 59.9 Å². The zero-order chi connectivity index (χ0) is 14.8. The molecule has 0 spiro atoms. The van der Waals surface area contributed by atoms with Crippen LogP contribution >= 0.6 is 0 Å². The summed E-state index contributed by atoms with van der Waals surface area (Å²) in [6.45, 7) is 0. The van der Waals surface area contributed by atoms with Crippen molar-refractivity contribution in [3.8, 4) is 0 Å². The molecule has 7 heteroatoms. The molecule has 0 unspecified atom stereocenters. The highest BCUT2D eigenvalue weighted by Gasteiger charge is 2.20. The lowest BCUT2D eigenvalue weighted by molar-refractivity contribution is 0.0982. The van der Waals surface area contributed by atoms with Crippen molar-refractivity contribution >= 4 is 21.6 Å². The van der Waals surface area contributed by atoms with Gasteiger partial charge in [-0.1, -0.05) is 24.3 Å². The molecule has 2 rings (SSSR count). The van der Waals surface area contributed by atoms with E-state index in [9.17, 15) is 17.6 Å². The number of carbonyl (C=O) groups excluding carboxylic acids is 1. The normalized spacial score (nSPS) is 11.1. The first-order valence-corrected chi connectivity index (χ1v) is 7.06. The molecule has 2 aromatic carbocycles. The number of nitrogens with two attached hydrogens (primary N) is 1. The average molecular weight is 294 g/mol. The molecule has 2 aromatic rings. The van der Waals surface area contributed by atoms with Gasteiger partial charge in [0.25, 0.3) is 15.9 Å². The summed E-state index contributed by atoms with van der Waals surface area (Å²) in [7, 11) is -4.01. The fourth-order valence-electron chi connectivity index (χ4n) is 1.57. The molecule has 104 valence electrons. The third-order valence-corrected chi connectivity index (χ3v) is 3.93. The monoisotopic (exact) mass is 294 g/mol. The third-order valence-electron chi connectivity index (χ3n) is 2.58. The molecular formula is C13H11FN2O3S. The molecular weight excluding hydrogens is 283 g/mol. The molecule has 0 fully saturated rings. The number of carbonyl (C=O) groups is 1. The van der Waals surface area contributed by atoms with Gasteiger partial charge in [-0.15, -0.1) is 0 Å². The zero-order valence-corrected chi connectivity index (χ0v) is 11.0. The average Bonchev–Trinajstić information content (AvgIpc) is 2.42. The SMILES string of the molecule is Nc1c(F)cccc1C(=O)NS(=O)(=O)c1ccccc1. The second kappa shape index (κ2) is 5.30. The van der Waals surface area contributed by atoms with Crippen LogP contribution in [0.4, 0.5) is 10.1 Å². The van der Waals surface area contributed by atoms with Crippen LogP contribution < -0.4 is 10.5 Å². The lowest BCUT2D eigenvalue weighted by Crippen LogP contribution is -2.31. The maximum atomic E-state index is 13.2. The fourth-order valence-corrected chi connectivity index (χ4v) is 2.56. The molecule has 5 nitrogen and oxygen atoms in total.